The van der Waals surface area contributed by atoms with Gasteiger partial charge in [0.2, 0.25) is 11.7 Å². The molecule has 2 fully saturated rings. The maximum Gasteiger partial charge on any atom is 0.328 e. The number of aliphatic hydroxyl groups excluding tert-OH is 7. The highest BCUT2D eigenvalue weighted by Crippen LogP contribution is 2.36. The van der Waals surface area contributed by atoms with Crippen LogP contribution in [0.5, 0.6) is 0 Å². The number of hydrogen-bond acceptors (Lipinski definition) is 16. The molecule has 2 heterocycles. The Kier molecular flexibility index (Phi) is 12.3. The van der Waals surface area contributed by atoms with E-state index < -0.39 is 111 Å². The molecule has 0 saturated carbocycles. The highest BCUT2D eigenvalue weighted by molar-refractivity contribution is 5.90. The zero-order valence-electron chi connectivity index (χ0n) is 23.2. The van der Waals surface area contributed by atoms with Gasteiger partial charge in [-0.05, 0) is 5.56 Å². The van der Waals surface area contributed by atoms with Gasteiger partial charge in [0, 0.05) is 6.42 Å². The van der Waals surface area contributed by atoms with Gasteiger partial charge < -0.3 is 70.5 Å². The summed E-state index contributed by atoms with van der Waals surface area (Å²) in [4.78, 5) is 37.6. The van der Waals surface area contributed by atoms with Crippen molar-refractivity contribution in [1.29, 1.82) is 0 Å². The third-order valence-corrected chi connectivity index (χ3v) is 7.09. The number of nitrogens with one attached hydrogen (secondary N) is 1. The van der Waals surface area contributed by atoms with Crippen molar-refractivity contribution in [3.63, 3.8) is 0 Å². The molecule has 1 amide bonds. The molecule has 17 nitrogen and oxygen atoms in total. The first-order valence-corrected chi connectivity index (χ1v) is 13.3. The normalized spacial score (nSPS) is 33.8. The van der Waals surface area contributed by atoms with Crippen LogP contribution >= 0.6 is 0 Å². The number of benzene rings is 1. The Morgan fingerprint density at radius 3 is 2.21 bits per heavy atom. The number of ether oxygens (including phenoxy) is 5. The molecule has 242 valence electrons. The lowest BCUT2D eigenvalue weighted by Gasteiger charge is -2.43. The molecule has 0 spiro atoms. The van der Waals surface area contributed by atoms with Crippen molar-refractivity contribution in [3.05, 3.63) is 35.9 Å². The molecule has 43 heavy (non-hydrogen) atoms. The Bertz CT molecular complexity index is 1080. The van der Waals surface area contributed by atoms with Crippen LogP contribution in [0.3, 0.4) is 0 Å². The molecular formula is C26H38N2O15. The Balaban J connectivity index is 1.67. The molecule has 3 rings (SSSR count). The van der Waals surface area contributed by atoms with Gasteiger partial charge in [0.15, 0.2) is 6.29 Å². The van der Waals surface area contributed by atoms with E-state index in [0.717, 1.165) is 12.7 Å². The number of esters is 2. The van der Waals surface area contributed by atoms with Crippen molar-refractivity contribution < 1.29 is 73.8 Å². The summed E-state index contributed by atoms with van der Waals surface area (Å²) in [5.41, 5.74) is 6.58. The minimum atomic E-state index is -2.49. The standard InChI is InChI=1S/C26H38N2O15/c1-39-24(38)14(7-12-5-3-2-4-6-12)28-23(37)13(27)8-17(31)40-11-26(22(36)19(33)16(10-30)42-26)43-25-21(35)20(34)18(32)15(9-29)41-25/h2-6,13-16,18-22,25,29-30,32-36H,7-11,27H2,1H3,(H,28,37)/t13?,14?,15-,16-,18-,19-,20+,21-,22+,25-,26+/m1/s1. The second-order valence-corrected chi connectivity index (χ2v) is 10.1. The lowest BCUT2D eigenvalue weighted by Crippen LogP contribution is -2.63. The summed E-state index contributed by atoms with van der Waals surface area (Å²) in [6, 6.07) is 6.11. The summed E-state index contributed by atoms with van der Waals surface area (Å²) in [6.45, 7) is -2.62. The Hall–Kier alpha value is -2.81. The van der Waals surface area contributed by atoms with E-state index in [1.807, 2.05) is 0 Å². The summed E-state index contributed by atoms with van der Waals surface area (Å²) in [5.74, 6) is -5.24. The summed E-state index contributed by atoms with van der Waals surface area (Å²) in [6.07, 6.45) is -14.8. The topological polar surface area (TPSA) is 277 Å². The van der Waals surface area contributed by atoms with Crippen LogP contribution in [-0.4, -0.2) is 147 Å². The molecule has 2 aliphatic rings. The van der Waals surface area contributed by atoms with E-state index >= 15 is 0 Å². The van der Waals surface area contributed by atoms with Crippen LogP contribution in [-0.2, 0) is 44.5 Å². The predicted molar refractivity (Wildman–Crippen MR) is 139 cm³/mol. The summed E-state index contributed by atoms with van der Waals surface area (Å²) in [7, 11) is 1.14. The minimum absolute atomic E-state index is 0.0812. The summed E-state index contributed by atoms with van der Waals surface area (Å²) >= 11 is 0. The van der Waals surface area contributed by atoms with Crippen molar-refractivity contribution in [2.75, 3.05) is 26.9 Å². The first-order chi connectivity index (χ1) is 20.4. The Morgan fingerprint density at radius 2 is 1.63 bits per heavy atom. The average molecular weight is 619 g/mol. The maximum atomic E-state index is 12.7. The van der Waals surface area contributed by atoms with Gasteiger partial charge in [0.05, 0.1) is 32.8 Å². The smallest absolute Gasteiger partial charge is 0.328 e. The highest BCUT2D eigenvalue weighted by atomic mass is 16.8. The van der Waals surface area contributed by atoms with E-state index in [1.54, 1.807) is 30.3 Å². The molecule has 2 saturated heterocycles. The number of methoxy groups -OCH3 is 1. The lowest BCUT2D eigenvalue weighted by molar-refractivity contribution is -0.383. The molecule has 17 heteroatoms. The van der Waals surface area contributed by atoms with Gasteiger partial charge in [-0.3, -0.25) is 9.59 Å². The van der Waals surface area contributed by atoms with Crippen molar-refractivity contribution in [3.8, 4) is 0 Å². The molecule has 2 unspecified atom stereocenters. The van der Waals surface area contributed by atoms with Crippen LogP contribution < -0.4 is 11.1 Å². The molecule has 1 aromatic carbocycles. The SMILES string of the molecule is COC(=O)C(Cc1ccccc1)NC(=O)C(N)CC(=O)OC[C@@]1(O[C@H]2O[C@H](CO)[C@@H](O)[C@H](O)[C@H]2O)O[C@H](CO)[C@@H](O)[C@@H]1O. The number of carbonyl (C=O) groups excluding carboxylic acids is 3. The number of amides is 1. The molecular weight excluding hydrogens is 580 g/mol. The molecule has 0 bridgehead atoms. The Morgan fingerprint density at radius 1 is 0.977 bits per heavy atom. The van der Waals surface area contributed by atoms with Gasteiger partial charge in [-0.25, -0.2) is 4.79 Å². The number of nitrogens with two attached hydrogens (primary N) is 1. The molecule has 2 aliphatic heterocycles. The quantitative estimate of drug-likeness (QED) is 0.0934. The van der Waals surface area contributed by atoms with Crippen molar-refractivity contribution in [2.24, 2.45) is 5.73 Å². The van der Waals surface area contributed by atoms with Crippen LogP contribution in [0.2, 0.25) is 0 Å². The third kappa shape index (κ3) is 8.22. The third-order valence-electron chi connectivity index (χ3n) is 7.09. The van der Waals surface area contributed by atoms with E-state index in [1.165, 1.54) is 0 Å². The molecule has 0 aromatic heterocycles. The van der Waals surface area contributed by atoms with Crippen LogP contribution in [0.25, 0.3) is 0 Å². The zero-order chi connectivity index (χ0) is 31.9. The van der Waals surface area contributed by atoms with Crippen LogP contribution in [0.15, 0.2) is 30.3 Å². The fourth-order valence-corrected chi connectivity index (χ4v) is 4.59. The van der Waals surface area contributed by atoms with Gasteiger partial charge in [0.1, 0.15) is 55.4 Å². The predicted octanol–water partition coefficient (Wildman–Crippen LogP) is -5.23. The van der Waals surface area contributed by atoms with Crippen LogP contribution in [0.1, 0.15) is 12.0 Å². The van der Waals surface area contributed by atoms with E-state index in [2.05, 4.69) is 5.32 Å². The number of rotatable bonds is 13. The van der Waals surface area contributed by atoms with E-state index in [0.29, 0.717) is 0 Å². The first-order valence-electron chi connectivity index (χ1n) is 13.3. The monoisotopic (exact) mass is 618 g/mol. The van der Waals surface area contributed by atoms with Crippen LogP contribution in [0.4, 0.5) is 0 Å². The highest BCUT2D eigenvalue weighted by Gasteiger charge is 2.59. The minimum Gasteiger partial charge on any atom is -0.467 e. The summed E-state index contributed by atoms with van der Waals surface area (Å²) in [5, 5.41) is 72.9. The van der Waals surface area contributed by atoms with Crippen molar-refractivity contribution in [1.82, 2.24) is 5.32 Å². The molecule has 1 aromatic rings. The number of carbonyl (C=O) groups is 3. The van der Waals surface area contributed by atoms with Gasteiger partial charge in [-0.1, -0.05) is 30.3 Å². The van der Waals surface area contributed by atoms with Gasteiger partial charge in [-0.15, -0.1) is 0 Å². The molecule has 11 atom stereocenters. The van der Waals surface area contributed by atoms with Gasteiger partial charge >= 0.3 is 11.9 Å². The van der Waals surface area contributed by atoms with Crippen molar-refractivity contribution >= 4 is 17.8 Å². The van der Waals surface area contributed by atoms with Crippen LogP contribution in [0, 0.1) is 0 Å². The average Bonchev–Trinajstić information content (AvgIpc) is 3.24. The van der Waals surface area contributed by atoms with E-state index in [9.17, 15) is 50.1 Å². The van der Waals surface area contributed by atoms with Gasteiger partial charge in [-0.2, -0.15) is 0 Å². The number of hydrogen-bond donors (Lipinski definition) is 9. The zero-order valence-corrected chi connectivity index (χ0v) is 23.2. The largest absolute Gasteiger partial charge is 0.467 e. The maximum absolute atomic E-state index is 12.7. The van der Waals surface area contributed by atoms with E-state index in [4.69, 9.17) is 29.4 Å². The first kappa shape index (κ1) is 34.7. The van der Waals surface area contributed by atoms with E-state index in [-0.39, 0.29) is 6.42 Å². The second kappa shape index (κ2) is 15.3. The molecule has 0 radical (unpaired) electrons. The Labute approximate surface area is 245 Å². The molecule has 0 aliphatic carbocycles. The lowest BCUT2D eigenvalue weighted by atomic mass is 9.99. The fraction of sp³-hybridized carbons (Fsp3) is 0.654. The fourth-order valence-electron chi connectivity index (χ4n) is 4.59. The van der Waals surface area contributed by atoms with Gasteiger partial charge in [0.25, 0.3) is 0 Å². The van der Waals surface area contributed by atoms with Crippen molar-refractivity contribution in [2.45, 2.75) is 79.7 Å². The molecule has 10 N–H and O–H groups in total. The number of aliphatic hydroxyl groups is 7. The second-order valence-electron chi connectivity index (χ2n) is 10.1. The summed E-state index contributed by atoms with van der Waals surface area (Å²) < 4.78 is 26.1.